The average Bonchev–Trinajstić information content (AvgIpc) is 2.85. The highest BCUT2D eigenvalue weighted by Gasteiger charge is 2.07. The summed E-state index contributed by atoms with van der Waals surface area (Å²) < 4.78 is 10.3. The Morgan fingerprint density at radius 2 is 2.16 bits per heavy atom. The van der Waals surface area contributed by atoms with Crippen LogP contribution in [0.2, 0.25) is 5.02 Å². The lowest BCUT2D eigenvalue weighted by Crippen LogP contribution is -2.18. The van der Waals surface area contributed by atoms with Crippen LogP contribution in [-0.2, 0) is 11.3 Å². The number of benzene rings is 1. The minimum atomic E-state index is 0.316. The molecule has 1 heterocycles. The molecule has 0 aliphatic heterocycles. The molecular weight excluding hydrogens is 268 g/mol. The SMILES string of the molecule is COCCNCc1nnc(Nc2ccccc2Cl)o1. The first-order chi connectivity index (χ1) is 9.29. The molecule has 0 unspecified atom stereocenters. The normalized spacial score (nSPS) is 10.6. The van der Waals surface area contributed by atoms with Crippen molar-refractivity contribution in [3.8, 4) is 0 Å². The van der Waals surface area contributed by atoms with E-state index in [1.165, 1.54) is 0 Å². The van der Waals surface area contributed by atoms with Crippen LogP contribution < -0.4 is 10.6 Å². The highest BCUT2D eigenvalue weighted by atomic mass is 35.5. The number of aromatic nitrogens is 2. The Balaban J connectivity index is 1.89. The summed E-state index contributed by atoms with van der Waals surface area (Å²) in [6.45, 7) is 1.87. The first kappa shape index (κ1) is 13.8. The van der Waals surface area contributed by atoms with Crippen molar-refractivity contribution in [3.05, 3.63) is 35.2 Å². The summed E-state index contributed by atoms with van der Waals surface area (Å²) in [6.07, 6.45) is 0. The van der Waals surface area contributed by atoms with Gasteiger partial charge in [0.1, 0.15) is 0 Å². The maximum absolute atomic E-state index is 6.02. The topological polar surface area (TPSA) is 72.2 Å². The molecule has 7 heteroatoms. The zero-order valence-corrected chi connectivity index (χ0v) is 11.3. The third-order valence-electron chi connectivity index (χ3n) is 2.34. The molecule has 0 aliphatic carbocycles. The molecule has 0 spiro atoms. The van der Waals surface area contributed by atoms with E-state index in [1.807, 2.05) is 18.2 Å². The van der Waals surface area contributed by atoms with Gasteiger partial charge >= 0.3 is 6.01 Å². The molecule has 0 atom stereocenters. The van der Waals surface area contributed by atoms with Gasteiger partial charge < -0.3 is 19.8 Å². The molecule has 6 nitrogen and oxygen atoms in total. The molecule has 0 amide bonds. The Labute approximate surface area is 116 Å². The Kier molecular flexibility index (Phi) is 5.14. The molecule has 0 fully saturated rings. The number of anilines is 2. The summed E-state index contributed by atoms with van der Waals surface area (Å²) >= 11 is 6.02. The van der Waals surface area contributed by atoms with E-state index in [2.05, 4.69) is 20.8 Å². The average molecular weight is 283 g/mol. The van der Waals surface area contributed by atoms with Crippen molar-refractivity contribution in [1.29, 1.82) is 0 Å². The number of nitrogens with zero attached hydrogens (tertiary/aromatic N) is 2. The fourth-order valence-corrected chi connectivity index (χ4v) is 1.61. The van der Waals surface area contributed by atoms with Crippen LogP contribution in [0, 0.1) is 0 Å². The summed E-state index contributed by atoms with van der Waals surface area (Å²) in [4.78, 5) is 0. The van der Waals surface area contributed by atoms with Crippen LogP contribution in [0.15, 0.2) is 28.7 Å². The van der Waals surface area contributed by atoms with Crippen LogP contribution in [0.5, 0.6) is 0 Å². The Morgan fingerprint density at radius 3 is 2.95 bits per heavy atom. The molecule has 0 aliphatic rings. The molecule has 102 valence electrons. The number of para-hydroxylation sites is 1. The Morgan fingerprint density at radius 1 is 1.32 bits per heavy atom. The Bertz CT molecular complexity index is 518. The highest BCUT2D eigenvalue weighted by Crippen LogP contribution is 2.23. The second-order valence-corrected chi connectivity index (χ2v) is 4.18. The van der Waals surface area contributed by atoms with Crippen LogP contribution in [-0.4, -0.2) is 30.5 Å². The van der Waals surface area contributed by atoms with Crippen molar-refractivity contribution < 1.29 is 9.15 Å². The maximum atomic E-state index is 6.02. The Hall–Kier alpha value is -1.63. The second-order valence-electron chi connectivity index (χ2n) is 3.78. The van der Waals surface area contributed by atoms with E-state index in [9.17, 15) is 0 Å². The van der Waals surface area contributed by atoms with Crippen LogP contribution >= 0.6 is 11.6 Å². The van der Waals surface area contributed by atoms with Gasteiger partial charge in [0.05, 0.1) is 23.9 Å². The molecule has 2 rings (SSSR count). The van der Waals surface area contributed by atoms with E-state index in [0.717, 1.165) is 12.2 Å². The first-order valence-electron chi connectivity index (χ1n) is 5.83. The summed E-state index contributed by atoms with van der Waals surface area (Å²) in [5, 5.41) is 14.5. The van der Waals surface area contributed by atoms with Gasteiger partial charge in [0.15, 0.2) is 0 Å². The second kappa shape index (κ2) is 7.08. The first-order valence-corrected chi connectivity index (χ1v) is 6.21. The number of nitrogens with one attached hydrogen (secondary N) is 2. The van der Waals surface area contributed by atoms with Gasteiger partial charge in [0.25, 0.3) is 0 Å². The van der Waals surface area contributed by atoms with Gasteiger partial charge in [0, 0.05) is 13.7 Å². The molecule has 0 bridgehead atoms. The number of rotatable bonds is 7. The lowest BCUT2D eigenvalue weighted by atomic mass is 10.3. The standard InChI is InChI=1S/C12H15ClN4O2/c1-18-7-6-14-8-11-16-17-12(19-11)15-10-5-3-2-4-9(10)13/h2-5,14H,6-8H2,1H3,(H,15,17). The molecule has 2 aromatic rings. The number of ether oxygens (including phenoxy) is 1. The molecule has 2 N–H and O–H groups in total. The van der Waals surface area contributed by atoms with E-state index in [1.54, 1.807) is 13.2 Å². The minimum Gasteiger partial charge on any atom is -0.406 e. The van der Waals surface area contributed by atoms with Gasteiger partial charge in [-0.2, -0.15) is 0 Å². The van der Waals surface area contributed by atoms with Crippen molar-refractivity contribution in [2.24, 2.45) is 0 Å². The number of halogens is 1. The van der Waals surface area contributed by atoms with E-state index < -0.39 is 0 Å². The number of hydrogen-bond donors (Lipinski definition) is 2. The van der Waals surface area contributed by atoms with Crippen molar-refractivity contribution in [2.75, 3.05) is 25.6 Å². The van der Waals surface area contributed by atoms with E-state index in [4.69, 9.17) is 20.8 Å². The van der Waals surface area contributed by atoms with Gasteiger partial charge in [-0.05, 0) is 12.1 Å². The van der Waals surface area contributed by atoms with E-state index in [0.29, 0.717) is 30.1 Å². The predicted octanol–water partition coefficient (Wildman–Crippen LogP) is 2.20. The highest BCUT2D eigenvalue weighted by molar-refractivity contribution is 6.33. The van der Waals surface area contributed by atoms with Gasteiger partial charge in [-0.1, -0.05) is 28.8 Å². The van der Waals surface area contributed by atoms with Gasteiger partial charge in [0.2, 0.25) is 5.89 Å². The van der Waals surface area contributed by atoms with Crippen LogP contribution in [0.4, 0.5) is 11.7 Å². The maximum Gasteiger partial charge on any atom is 0.320 e. The van der Waals surface area contributed by atoms with Gasteiger partial charge in [-0.3, -0.25) is 0 Å². The van der Waals surface area contributed by atoms with Crippen molar-refractivity contribution in [2.45, 2.75) is 6.54 Å². The van der Waals surface area contributed by atoms with Crippen LogP contribution in [0.3, 0.4) is 0 Å². The van der Waals surface area contributed by atoms with E-state index in [-0.39, 0.29) is 0 Å². The summed E-state index contributed by atoms with van der Waals surface area (Å²) in [6, 6.07) is 7.66. The number of methoxy groups -OCH3 is 1. The van der Waals surface area contributed by atoms with Crippen molar-refractivity contribution in [1.82, 2.24) is 15.5 Å². The smallest absolute Gasteiger partial charge is 0.320 e. The molecule has 0 saturated heterocycles. The summed E-state index contributed by atoms with van der Waals surface area (Å²) in [5.74, 6) is 0.505. The fraction of sp³-hybridized carbons (Fsp3) is 0.333. The zero-order valence-electron chi connectivity index (χ0n) is 10.5. The molecular formula is C12H15ClN4O2. The predicted molar refractivity (Wildman–Crippen MR) is 72.6 cm³/mol. The fourth-order valence-electron chi connectivity index (χ4n) is 1.42. The van der Waals surface area contributed by atoms with Crippen molar-refractivity contribution in [3.63, 3.8) is 0 Å². The third kappa shape index (κ3) is 4.20. The van der Waals surface area contributed by atoms with Gasteiger partial charge in [-0.15, -0.1) is 5.10 Å². The van der Waals surface area contributed by atoms with E-state index >= 15 is 0 Å². The lowest BCUT2D eigenvalue weighted by Gasteiger charge is -2.02. The lowest BCUT2D eigenvalue weighted by molar-refractivity contribution is 0.198. The van der Waals surface area contributed by atoms with Crippen LogP contribution in [0.25, 0.3) is 0 Å². The molecule has 1 aromatic heterocycles. The molecule has 0 radical (unpaired) electrons. The molecule has 19 heavy (non-hydrogen) atoms. The third-order valence-corrected chi connectivity index (χ3v) is 2.67. The zero-order chi connectivity index (χ0) is 13.5. The monoisotopic (exact) mass is 282 g/mol. The molecule has 0 saturated carbocycles. The molecule has 1 aromatic carbocycles. The largest absolute Gasteiger partial charge is 0.406 e. The summed E-state index contributed by atoms with van der Waals surface area (Å²) in [7, 11) is 1.65. The van der Waals surface area contributed by atoms with Crippen LogP contribution in [0.1, 0.15) is 5.89 Å². The quantitative estimate of drug-likeness (QED) is 0.759. The van der Waals surface area contributed by atoms with Gasteiger partial charge in [-0.25, -0.2) is 0 Å². The van der Waals surface area contributed by atoms with Crippen molar-refractivity contribution >= 4 is 23.3 Å². The minimum absolute atomic E-state index is 0.316. The summed E-state index contributed by atoms with van der Waals surface area (Å²) in [5.41, 5.74) is 0.728. The number of hydrogen-bond acceptors (Lipinski definition) is 6.